The fourth-order valence-electron chi connectivity index (χ4n) is 3.80. The van der Waals surface area contributed by atoms with Gasteiger partial charge >= 0.3 is 5.97 Å². The molecule has 142 valence electrons. The van der Waals surface area contributed by atoms with Crippen molar-refractivity contribution in [3.63, 3.8) is 0 Å². The maximum absolute atomic E-state index is 11.1. The molecule has 0 aliphatic carbocycles. The van der Waals surface area contributed by atoms with E-state index in [0.717, 1.165) is 50.4 Å². The normalized spacial score (nSPS) is 20.4. The molecule has 1 atom stereocenters. The number of carbonyl (C=O) groups is 1. The number of benzene rings is 2. The van der Waals surface area contributed by atoms with Crippen LogP contribution in [0.1, 0.15) is 24.0 Å². The van der Waals surface area contributed by atoms with Gasteiger partial charge < -0.3 is 14.6 Å². The highest BCUT2D eigenvalue weighted by atomic mass is 16.6. The summed E-state index contributed by atoms with van der Waals surface area (Å²) in [6.07, 6.45) is 2.33. The maximum Gasteiger partial charge on any atom is 0.306 e. The third kappa shape index (κ3) is 4.42. The predicted octanol–water partition coefficient (Wildman–Crippen LogP) is 3.37. The second kappa shape index (κ2) is 8.01. The standard InChI is InChI=1S/C22H25NO4/c24-22(25)18-9-11-23(12-10-18)14-17-7-5-16(6-8-17)13-19-15-26-20-3-1-2-4-21(20)27-19/h1-8,18-19H,9-15H2,(H,24,25). The van der Waals surface area contributed by atoms with E-state index in [0.29, 0.717) is 6.61 Å². The molecule has 0 saturated carbocycles. The van der Waals surface area contributed by atoms with Crippen LogP contribution in [0.2, 0.25) is 0 Å². The third-order valence-corrected chi connectivity index (χ3v) is 5.40. The van der Waals surface area contributed by atoms with Crippen LogP contribution in [0.25, 0.3) is 0 Å². The molecular weight excluding hydrogens is 342 g/mol. The summed E-state index contributed by atoms with van der Waals surface area (Å²) >= 11 is 0. The Hall–Kier alpha value is -2.53. The zero-order valence-electron chi connectivity index (χ0n) is 15.3. The van der Waals surface area contributed by atoms with Gasteiger partial charge in [0.25, 0.3) is 0 Å². The molecule has 1 saturated heterocycles. The first-order chi connectivity index (χ1) is 13.2. The maximum atomic E-state index is 11.1. The quantitative estimate of drug-likeness (QED) is 0.878. The average Bonchev–Trinajstić information content (AvgIpc) is 2.70. The molecule has 5 heteroatoms. The Morgan fingerprint density at radius 1 is 1.00 bits per heavy atom. The molecule has 2 aromatic rings. The van der Waals surface area contributed by atoms with Crippen molar-refractivity contribution in [2.75, 3.05) is 19.7 Å². The summed E-state index contributed by atoms with van der Waals surface area (Å²) in [6.45, 7) is 3.15. The highest BCUT2D eigenvalue weighted by molar-refractivity contribution is 5.70. The minimum absolute atomic E-state index is 0.0285. The van der Waals surface area contributed by atoms with Crippen molar-refractivity contribution in [3.05, 3.63) is 59.7 Å². The largest absolute Gasteiger partial charge is 0.486 e. The fourth-order valence-corrected chi connectivity index (χ4v) is 3.80. The number of piperidine rings is 1. The molecule has 27 heavy (non-hydrogen) atoms. The topological polar surface area (TPSA) is 59.0 Å². The van der Waals surface area contributed by atoms with Gasteiger partial charge in [-0.2, -0.15) is 0 Å². The number of hydrogen-bond acceptors (Lipinski definition) is 4. The second-order valence-corrected chi connectivity index (χ2v) is 7.41. The molecule has 2 aliphatic heterocycles. The van der Waals surface area contributed by atoms with Crippen LogP contribution in [0, 0.1) is 5.92 Å². The third-order valence-electron chi connectivity index (χ3n) is 5.40. The van der Waals surface area contributed by atoms with E-state index in [1.807, 2.05) is 24.3 Å². The Bertz CT molecular complexity index is 781. The minimum Gasteiger partial charge on any atom is -0.486 e. The molecule has 0 bridgehead atoms. The molecule has 2 heterocycles. The highest BCUT2D eigenvalue weighted by Crippen LogP contribution is 2.31. The van der Waals surface area contributed by atoms with Crippen LogP contribution in [-0.4, -0.2) is 41.8 Å². The monoisotopic (exact) mass is 367 g/mol. The van der Waals surface area contributed by atoms with Gasteiger partial charge in [-0.05, 0) is 49.2 Å². The molecule has 0 radical (unpaired) electrons. The SMILES string of the molecule is O=C(O)C1CCN(Cc2ccc(CC3COc4ccccc4O3)cc2)CC1. The lowest BCUT2D eigenvalue weighted by Crippen LogP contribution is -2.35. The van der Waals surface area contributed by atoms with Gasteiger partial charge in [0.15, 0.2) is 11.5 Å². The van der Waals surface area contributed by atoms with E-state index in [1.54, 1.807) is 0 Å². The number of para-hydroxylation sites is 2. The van der Waals surface area contributed by atoms with Crippen LogP contribution < -0.4 is 9.47 Å². The molecule has 5 nitrogen and oxygen atoms in total. The zero-order chi connectivity index (χ0) is 18.6. The summed E-state index contributed by atoms with van der Waals surface area (Å²) in [5.74, 6) is 0.799. The number of hydrogen-bond donors (Lipinski definition) is 1. The Balaban J connectivity index is 1.29. The molecule has 0 spiro atoms. The van der Waals surface area contributed by atoms with E-state index < -0.39 is 5.97 Å². The molecule has 2 aliphatic rings. The Labute approximate surface area is 159 Å². The fraction of sp³-hybridized carbons (Fsp3) is 0.409. The first-order valence-electron chi connectivity index (χ1n) is 9.59. The van der Waals surface area contributed by atoms with Crippen LogP contribution >= 0.6 is 0 Å². The number of likely N-dealkylation sites (tertiary alicyclic amines) is 1. The number of carboxylic acids is 1. The number of ether oxygens (including phenoxy) is 2. The Kier molecular flexibility index (Phi) is 5.30. The van der Waals surface area contributed by atoms with Gasteiger partial charge in [0.1, 0.15) is 12.7 Å². The molecular formula is C22H25NO4. The van der Waals surface area contributed by atoms with E-state index in [2.05, 4.69) is 29.2 Å². The van der Waals surface area contributed by atoms with Gasteiger partial charge in [0.05, 0.1) is 5.92 Å². The molecule has 2 aromatic carbocycles. The van der Waals surface area contributed by atoms with Crippen molar-refractivity contribution in [3.8, 4) is 11.5 Å². The number of nitrogens with zero attached hydrogens (tertiary/aromatic N) is 1. The van der Waals surface area contributed by atoms with Crippen molar-refractivity contribution in [1.82, 2.24) is 4.90 Å². The van der Waals surface area contributed by atoms with Crippen molar-refractivity contribution in [2.24, 2.45) is 5.92 Å². The van der Waals surface area contributed by atoms with Crippen LogP contribution in [-0.2, 0) is 17.8 Å². The number of aliphatic carboxylic acids is 1. The van der Waals surface area contributed by atoms with Gasteiger partial charge in [0.2, 0.25) is 0 Å². The van der Waals surface area contributed by atoms with Gasteiger partial charge in [0, 0.05) is 13.0 Å². The smallest absolute Gasteiger partial charge is 0.306 e. The second-order valence-electron chi connectivity index (χ2n) is 7.41. The predicted molar refractivity (Wildman–Crippen MR) is 102 cm³/mol. The van der Waals surface area contributed by atoms with Gasteiger partial charge in [-0.3, -0.25) is 9.69 Å². The highest BCUT2D eigenvalue weighted by Gasteiger charge is 2.24. The van der Waals surface area contributed by atoms with Gasteiger partial charge in [-0.1, -0.05) is 36.4 Å². The van der Waals surface area contributed by atoms with Crippen LogP contribution in [0.4, 0.5) is 0 Å². The van der Waals surface area contributed by atoms with Crippen LogP contribution in [0.3, 0.4) is 0 Å². The molecule has 1 N–H and O–H groups in total. The van der Waals surface area contributed by atoms with E-state index in [4.69, 9.17) is 14.6 Å². The van der Waals surface area contributed by atoms with E-state index in [-0.39, 0.29) is 12.0 Å². The minimum atomic E-state index is -0.657. The van der Waals surface area contributed by atoms with E-state index >= 15 is 0 Å². The van der Waals surface area contributed by atoms with Crippen molar-refractivity contribution in [1.29, 1.82) is 0 Å². The molecule has 1 unspecified atom stereocenters. The number of carboxylic acid groups (broad SMARTS) is 1. The molecule has 0 amide bonds. The average molecular weight is 367 g/mol. The summed E-state index contributed by atoms with van der Waals surface area (Å²) in [4.78, 5) is 13.4. The first kappa shape index (κ1) is 17.9. The number of rotatable bonds is 5. The lowest BCUT2D eigenvalue weighted by Gasteiger charge is -2.30. The summed E-state index contributed by atoms with van der Waals surface area (Å²) in [7, 11) is 0. The van der Waals surface area contributed by atoms with Crippen LogP contribution in [0.15, 0.2) is 48.5 Å². The van der Waals surface area contributed by atoms with Crippen molar-refractivity contribution in [2.45, 2.75) is 31.9 Å². The summed E-state index contributed by atoms with van der Waals surface area (Å²) in [6, 6.07) is 16.4. The van der Waals surface area contributed by atoms with E-state index in [1.165, 1.54) is 11.1 Å². The lowest BCUT2D eigenvalue weighted by atomic mass is 9.96. The summed E-state index contributed by atoms with van der Waals surface area (Å²) in [5, 5.41) is 9.10. The zero-order valence-corrected chi connectivity index (χ0v) is 15.3. The van der Waals surface area contributed by atoms with Gasteiger partial charge in [-0.25, -0.2) is 0 Å². The number of fused-ring (bicyclic) bond motifs is 1. The van der Waals surface area contributed by atoms with Crippen LogP contribution in [0.5, 0.6) is 11.5 Å². The Morgan fingerprint density at radius 2 is 1.67 bits per heavy atom. The van der Waals surface area contributed by atoms with Gasteiger partial charge in [-0.15, -0.1) is 0 Å². The van der Waals surface area contributed by atoms with Crippen molar-refractivity contribution >= 4 is 5.97 Å². The lowest BCUT2D eigenvalue weighted by molar-refractivity contribution is -0.143. The molecule has 1 fully saturated rings. The summed E-state index contributed by atoms with van der Waals surface area (Å²) in [5.41, 5.74) is 2.50. The Morgan fingerprint density at radius 3 is 2.37 bits per heavy atom. The molecule has 4 rings (SSSR count). The summed E-state index contributed by atoms with van der Waals surface area (Å²) < 4.78 is 11.8. The first-order valence-corrected chi connectivity index (χ1v) is 9.59. The van der Waals surface area contributed by atoms with E-state index in [9.17, 15) is 4.79 Å². The molecule has 0 aromatic heterocycles. The van der Waals surface area contributed by atoms with Crippen molar-refractivity contribution < 1.29 is 19.4 Å².